The van der Waals surface area contributed by atoms with E-state index in [-0.39, 0.29) is 0 Å². The molecule has 5 heteroatoms. The predicted molar refractivity (Wildman–Crippen MR) is 80.8 cm³/mol. The summed E-state index contributed by atoms with van der Waals surface area (Å²) in [5.74, 6) is 0.596. The molecule has 0 saturated carbocycles. The highest BCUT2D eigenvalue weighted by Crippen LogP contribution is 2.27. The Bertz CT molecular complexity index is 709. The summed E-state index contributed by atoms with van der Waals surface area (Å²) in [6, 6.07) is 7.76. The summed E-state index contributed by atoms with van der Waals surface area (Å²) in [4.78, 5) is 10.5. The number of anilines is 2. The van der Waals surface area contributed by atoms with Gasteiger partial charge < -0.3 is 14.1 Å². The van der Waals surface area contributed by atoms with Crippen LogP contribution >= 0.6 is 0 Å². The summed E-state index contributed by atoms with van der Waals surface area (Å²) in [5, 5.41) is 0. The van der Waals surface area contributed by atoms with Crippen LogP contribution in [-0.4, -0.2) is 24.1 Å². The van der Waals surface area contributed by atoms with E-state index in [0.29, 0.717) is 5.88 Å². The first kappa shape index (κ1) is 13.2. The third-order valence-corrected chi connectivity index (χ3v) is 3.28. The first-order valence-corrected chi connectivity index (χ1v) is 6.49. The molecule has 0 N–H and O–H groups in total. The lowest BCUT2D eigenvalue weighted by Gasteiger charge is -2.17. The van der Waals surface area contributed by atoms with Crippen LogP contribution in [0.15, 0.2) is 59.8 Å². The van der Waals surface area contributed by atoms with E-state index in [2.05, 4.69) is 16.0 Å². The van der Waals surface area contributed by atoms with Gasteiger partial charge in [0, 0.05) is 42.7 Å². The summed E-state index contributed by atoms with van der Waals surface area (Å²) in [6.45, 7) is 0. The molecule has 0 aliphatic heterocycles. The third kappa shape index (κ3) is 2.72. The molecule has 3 aromatic heterocycles. The van der Waals surface area contributed by atoms with Gasteiger partial charge in [0.15, 0.2) is 0 Å². The lowest BCUT2D eigenvalue weighted by atomic mass is 10.1. The van der Waals surface area contributed by atoms with E-state index >= 15 is 0 Å². The summed E-state index contributed by atoms with van der Waals surface area (Å²) in [6.07, 6.45) is 8.75. The van der Waals surface area contributed by atoms with Gasteiger partial charge in [-0.2, -0.15) is 0 Å². The molecule has 0 radical (unpaired) electrons. The summed E-state index contributed by atoms with van der Waals surface area (Å²) in [5.41, 5.74) is 3.94. The molecule has 0 amide bonds. The Kier molecular flexibility index (Phi) is 3.55. The van der Waals surface area contributed by atoms with E-state index in [1.807, 2.05) is 42.5 Å². The average Bonchev–Trinajstić information content (AvgIpc) is 3.09. The third-order valence-electron chi connectivity index (χ3n) is 3.28. The van der Waals surface area contributed by atoms with E-state index in [1.54, 1.807) is 25.8 Å². The van der Waals surface area contributed by atoms with E-state index in [1.165, 1.54) is 0 Å². The maximum atomic E-state index is 5.11. The molecule has 3 aromatic rings. The van der Waals surface area contributed by atoms with E-state index in [9.17, 15) is 0 Å². The smallest absolute Gasteiger partial charge is 0.212 e. The largest absolute Gasteiger partial charge is 0.481 e. The van der Waals surface area contributed by atoms with Crippen molar-refractivity contribution in [2.24, 2.45) is 0 Å². The summed E-state index contributed by atoms with van der Waals surface area (Å²) in [7, 11) is 3.57. The van der Waals surface area contributed by atoms with Gasteiger partial charge in [0.05, 0.1) is 30.9 Å². The second kappa shape index (κ2) is 5.66. The maximum absolute atomic E-state index is 5.11. The van der Waals surface area contributed by atoms with Gasteiger partial charge in [-0.15, -0.1) is 0 Å². The molecule has 21 heavy (non-hydrogen) atoms. The molecule has 3 heterocycles. The SMILES string of the molecule is COc1ccc(-c2cncc(N(C)c3ccoc3)c2)cn1. The number of furan rings is 1. The second-order valence-electron chi connectivity index (χ2n) is 4.56. The summed E-state index contributed by atoms with van der Waals surface area (Å²) < 4.78 is 10.2. The zero-order valence-corrected chi connectivity index (χ0v) is 11.9. The number of hydrogen-bond acceptors (Lipinski definition) is 5. The van der Waals surface area contributed by atoms with Crippen molar-refractivity contribution in [2.75, 3.05) is 19.1 Å². The Balaban J connectivity index is 1.92. The zero-order valence-electron chi connectivity index (χ0n) is 11.9. The van der Waals surface area contributed by atoms with Gasteiger partial charge in [-0.25, -0.2) is 4.98 Å². The standard InChI is InChI=1S/C16H15N3O2/c1-19(14-5-6-21-11-14)15-7-13(8-17-10-15)12-3-4-16(20-2)18-9-12/h3-11H,1-2H3. The lowest BCUT2D eigenvalue weighted by molar-refractivity contribution is 0.398. The fourth-order valence-corrected chi connectivity index (χ4v) is 2.04. The highest BCUT2D eigenvalue weighted by molar-refractivity contribution is 5.69. The lowest BCUT2D eigenvalue weighted by Crippen LogP contribution is -2.08. The van der Waals surface area contributed by atoms with Crippen LogP contribution in [0, 0.1) is 0 Å². The monoisotopic (exact) mass is 281 g/mol. The van der Waals surface area contributed by atoms with Gasteiger partial charge >= 0.3 is 0 Å². The molecule has 0 saturated heterocycles. The van der Waals surface area contributed by atoms with Crippen LogP contribution in [0.3, 0.4) is 0 Å². The van der Waals surface area contributed by atoms with Gasteiger partial charge in [-0.05, 0) is 12.1 Å². The molecule has 106 valence electrons. The topological polar surface area (TPSA) is 51.4 Å². The van der Waals surface area contributed by atoms with Crippen LogP contribution in [0.1, 0.15) is 0 Å². The number of ether oxygens (including phenoxy) is 1. The number of nitrogens with zero attached hydrogens (tertiary/aromatic N) is 3. The van der Waals surface area contributed by atoms with Gasteiger partial charge in [0.1, 0.15) is 6.26 Å². The number of rotatable bonds is 4. The van der Waals surface area contributed by atoms with Crippen LogP contribution in [0.2, 0.25) is 0 Å². The Morgan fingerprint density at radius 2 is 1.95 bits per heavy atom. The van der Waals surface area contributed by atoms with Crippen molar-refractivity contribution in [3.63, 3.8) is 0 Å². The van der Waals surface area contributed by atoms with Crippen LogP contribution in [-0.2, 0) is 0 Å². The minimum absolute atomic E-state index is 0.596. The summed E-state index contributed by atoms with van der Waals surface area (Å²) >= 11 is 0. The fourth-order valence-electron chi connectivity index (χ4n) is 2.04. The molecule has 0 aliphatic rings. The molecule has 0 bridgehead atoms. The highest BCUT2D eigenvalue weighted by Gasteiger charge is 2.07. The fraction of sp³-hybridized carbons (Fsp3) is 0.125. The minimum atomic E-state index is 0.596. The Morgan fingerprint density at radius 1 is 1.05 bits per heavy atom. The molecule has 0 aliphatic carbocycles. The molecule has 0 fully saturated rings. The van der Waals surface area contributed by atoms with E-state index in [4.69, 9.17) is 9.15 Å². The molecule has 0 atom stereocenters. The van der Waals surface area contributed by atoms with Crippen LogP contribution in [0.4, 0.5) is 11.4 Å². The average molecular weight is 281 g/mol. The van der Waals surface area contributed by atoms with E-state index in [0.717, 1.165) is 22.5 Å². The molecular weight excluding hydrogens is 266 g/mol. The Morgan fingerprint density at radius 3 is 2.62 bits per heavy atom. The number of aromatic nitrogens is 2. The molecule has 0 spiro atoms. The van der Waals surface area contributed by atoms with Gasteiger partial charge in [0.2, 0.25) is 5.88 Å². The molecule has 5 nitrogen and oxygen atoms in total. The first-order valence-electron chi connectivity index (χ1n) is 6.49. The molecule has 3 rings (SSSR count). The van der Waals surface area contributed by atoms with Crippen molar-refractivity contribution in [1.29, 1.82) is 0 Å². The van der Waals surface area contributed by atoms with Crippen molar-refractivity contribution < 1.29 is 9.15 Å². The quantitative estimate of drug-likeness (QED) is 0.732. The van der Waals surface area contributed by atoms with Crippen LogP contribution < -0.4 is 9.64 Å². The van der Waals surface area contributed by atoms with Gasteiger partial charge in [0.25, 0.3) is 0 Å². The van der Waals surface area contributed by atoms with Crippen molar-refractivity contribution in [3.05, 3.63) is 55.4 Å². The van der Waals surface area contributed by atoms with Crippen LogP contribution in [0.25, 0.3) is 11.1 Å². The van der Waals surface area contributed by atoms with Gasteiger partial charge in [-0.3, -0.25) is 4.98 Å². The number of pyridine rings is 2. The van der Waals surface area contributed by atoms with Crippen molar-refractivity contribution in [1.82, 2.24) is 9.97 Å². The molecule has 0 unspecified atom stereocenters. The van der Waals surface area contributed by atoms with Crippen molar-refractivity contribution in [3.8, 4) is 17.0 Å². The minimum Gasteiger partial charge on any atom is -0.481 e. The number of methoxy groups -OCH3 is 1. The van der Waals surface area contributed by atoms with Crippen molar-refractivity contribution in [2.45, 2.75) is 0 Å². The first-order chi connectivity index (χ1) is 10.3. The van der Waals surface area contributed by atoms with Gasteiger partial charge in [-0.1, -0.05) is 0 Å². The zero-order chi connectivity index (χ0) is 14.7. The van der Waals surface area contributed by atoms with E-state index < -0.39 is 0 Å². The number of hydrogen-bond donors (Lipinski definition) is 0. The van der Waals surface area contributed by atoms with Crippen LogP contribution in [0.5, 0.6) is 5.88 Å². The maximum Gasteiger partial charge on any atom is 0.212 e. The molecular formula is C16H15N3O2. The normalized spacial score (nSPS) is 10.4. The highest BCUT2D eigenvalue weighted by atomic mass is 16.5. The van der Waals surface area contributed by atoms with Crippen molar-refractivity contribution >= 4 is 11.4 Å². The Hall–Kier alpha value is -2.82. The Labute approximate surface area is 122 Å². The second-order valence-corrected chi connectivity index (χ2v) is 4.56. The molecule has 0 aromatic carbocycles. The predicted octanol–water partition coefficient (Wildman–Crippen LogP) is 3.51.